The second-order valence-electron chi connectivity index (χ2n) is 5.85. The van der Waals surface area contributed by atoms with Gasteiger partial charge in [-0.05, 0) is 31.2 Å². The van der Waals surface area contributed by atoms with Crippen LogP contribution < -0.4 is 10.6 Å². The molecule has 2 N–H and O–H groups in total. The Morgan fingerprint density at radius 1 is 1.46 bits per heavy atom. The molecule has 1 unspecified atom stereocenters. The zero-order valence-electron chi connectivity index (χ0n) is 13.4. The maximum Gasteiger partial charge on any atom is 0.232 e. The Labute approximate surface area is 150 Å². The molecule has 1 aromatic carbocycles. The normalized spacial score (nSPS) is 15.8. The van der Waals surface area contributed by atoms with Gasteiger partial charge in [0, 0.05) is 36.1 Å². The molecule has 2 aromatic rings. The summed E-state index contributed by atoms with van der Waals surface area (Å²) < 4.78 is 5.75. The van der Waals surface area contributed by atoms with Gasteiger partial charge < -0.3 is 15.1 Å². The van der Waals surface area contributed by atoms with Crippen LogP contribution >= 0.6 is 23.4 Å². The summed E-state index contributed by atoms with van der Waals surface area (Å²) in [6, 6.07) is 7.42. The monoisotopic (exact) mass is 365 g/mol. The topological polar surface area (TPSA) is 67.2 Å². The Balaban J connectivity index is 1.47. The van der Waals surface area contributed by atoms with E-state index in [9.17, 15) is 4.79 Å². The number of rotatable bonds is 7. The molecule has 128 valence electrons. The lowest BCUT2D eigenvalue weighted by atomic mass is 10.0. The van der Waals surface area contributed by atoms with Crippen molar-refractivity contribution in [2.75, 3.05) is 19.6 Å². The molecule has 7 heteroatoms. The second-order valence-corrected chi connectivity index (χ2v) is 7.61. The largest absolute Gasteiger partial charge is 0.440 e. The molecule has 0 spiro atoms. The highest BCUT2D eigenvalue weighted by Crippen LogP contribution is 2.25. The van der Waals surface area contributed by atoms with Gasteiger partial charge in [0.25, 0.3) is 0 Å². The molecule has 0 aliphatic carbocycles. The van der Waals surface area contributed by atoms with Gasteiger partial charge in [-0.3, -0.25) is 4.79 Å². The first kappa shape index (κ1) is 17.3. The minimum absolute atomic E-state index is 0.0661. The number of carbonyl (C=O) groups excluding carboxylic acids is 1. The van der Waals surface area contributed by atoms with Crippen molar-refractivity contribution >= 4 is 29.3 Å². The third-order valence-corrected chi connectivity index (χ3v) is 5.32. The SMILES string of the molecule is CC(SCc1ncc(-c2ccc(Cl)cc2)o1)C(=O)NCC1CNC1. The highest BCUT2D eigenvalue weighted by Gasteiger charge is 2.20. The van der Waals surface area contributed by atoms with Crippen molar-refractivity contribution < 1.29 is 9.21 Å². The summed E-state index contributed by atoms with van der Waals surface area (Å²) in [5.74, 6) is 2.52. The number of thioether (sulfide) groups is 1. The lowest BCUT2D eigenvalue weighted by molar-refractivity contribution is -0.120. The molecule has 5 nitrogen and oxygen atoms in total. The van der Waals surface area contributed by atoms with Crippen molar-refractivity contribution in [1.29, 1.82) is 0 Å². The smallest absolute Gasteiger partial charge is 0.232 e. The summed E-state index contributed by atoms with van der Waals surface area (Å²) in [7, 11) is 0. The maximum atomic E-state index is 12.1. The predicted octanol–water partition coefficient (Wildman–Crippen LogP) is 2.95. The van der Waals surface area contributed by atoms with Crippen LogP contribution in [0.3, 0.4) is 0 Å². The fraction of sp³-hybridized carbons (Fsp3) is 0.412. The van der Waals surface area contributed by atoms with E-state index in [0.29, 0.717) is 28.3 Å². The first-order valence-corrected chi connectivity index (χ1v) is 9.35. The van der Waals surface area contributed by atoms with E-state index in [-0.39, 0.29) is 11.2 Å². The number of amides is 1. The van der Waals surface area contributed by atoms with E-state index in [1.54, 1.807) is 6.20 Å². The summed E-state index contributed by atoms with van der Waals surface area (Å²) in [6.45, 7) is 4.63. The molecule has 1 atom stereocenters. The Hall–Kier alpha value is -1.50. The number of nitrogens with zero attached hydrogens (tertiary/aromatic N) is 1. The maximum absolute atomic E-state index is 12.1. The second kappa shape index (κ2) is 8.05. The Morgan fingerprint density at radius 3 is 2.88 bits per heavy atom. The molecule has 0 bridgehead atoms. The number of aromatic nitrogens is 1. The van der Waals surface area contributed by atoms with Crippen LogP contribution in [0, 0.1) is 5.92 Å². The van der Waals surface area contributed by atoms with Gasteiger partial charge in [0.15, 0.2) is 5.76 Å². The van der Waals surface area contributed by atoms with Gasteiger partial charge in [0.2, 0.25) is 11.8 Å². The fourth-order valence-corrected chi connectivity index (χ4v) is 3.16. The Kier molecular flexibility index (Phi) is 5.81. The molecule has 1 amide bonds. The molecule has 1 saturated heterocycles. The van der Waals surface area contributed by atoms with E-state index >= 15 is 0 Å². The number of hydrogen-bond donors (Lipinski definition) is 2. The first-order chi connectivity index (χ1) is 11.6. The third kappa shape index (κ3) is 4.53. The number of halogens is 1. The van der Waals surface area contributed by atoms with Crippen molar-refractivity contribution in [2.45, 2.75) is 17.9 Å². The van der Waals surface area contributed by atoms with E-state index in [1.807, 2.05) is 31.2 Å². The third-order valence-electron chi connectivity index (χ3n) is 3.94. The summed E-state index contributed by atoms with van der Waals surface area (Å²) in [5, 5.41) is 6.74. The van der Waals surface area contributed by atoms with Crippen LogP contribution in [0.1, 0.15) is 12.8 Å². The van der Waals surface area contributed by atoms with Gasteiger partial charge in [-0.15, -0.1) is 11.8 Å². The highest BCUT2D eigenvalue weighted by molar-refractivity contribution is 7.99. The highest BCUT2D eigenvalue weighted by atomic mass is 35.5. The number of oxazole rings is 1. The van der Waals surface area contributed by atoms with Crippen LogP contribution in [0.15, 0.2) is 34.9 Å². The number of nitrogens with one attached hydrogen (secondary N) is 2. The van der Waals surface area contributed by atoms with E-state index in [0.717, 1.165) is 25.2 Å². The van der Waals surface area contributed by atoms with Crippen LogP contribution in [0.4, 0.5) is 0 Å². The summed E-state index contributed by atoms with van der Waals surface area (Å²) >= 11 is 7.41. The molecule has 1 aliphatic rings. The van der Waals surface area contributed by atoms with Gasteiger partial charge in [-0.25, -0.2) is 4.98 Å². The zero-order chi connectivity index (χ0) is 16.9. The van der Waals surface area contributed by atoms with E-state index in [4.69, 9.17) is 16.0 Å². The molecule has 0 saturated carbocycles. The molecule has 1 aromatic heterocycles. The number of carbonyl (C=O) groups is 1. The average Bonchev–Trinajstić information content (AvgIpc) is 3.00. The lowest BCUT2D eigenvalue weighted by Gasteiger charge is -2.27. The van der Waals surface area contributed by atoms with Crippen LogP contribution in [0.2, 0.25) is 5.02 Å². The van der Waals surface area contributed by atoms with Crippen molar-refractivity contribution in [2.24, 2.45) is 5.92 Å². The van der Waals surface area contributed by atoms with Crippen molar-refractivity contribution in [3.8, 4) is 11.3 Å². The number of hydrogen-bond acceptors (Lipinski definition) is 5. The lowest BCUT2D eigenvalue weighted by Crippen LogP contribution is -2.49. The van der Waals surface area contributed by atoms with Crippen LogP contribution in [0.5, 0.6) is 0 Å². The van der Waals surface area contributed by atoms with Crippen LogP contribution in [0.25, 0.3) is 11.3 Å². The van der Waals surface area contributed by atoms with Crippen LogP contribution in [-0.2, 0) is 10.5 Å². The molecule has 1 aliphatic heterocycles. The number of benzene rings is 1. The standard InChI is InChI=1S/C17H20ClN3O2S/c1-11(17(22)21-8-12-6-19-7-12)24-10-16-20-9-15(23-16)13-2-4-14(18)5-3-13/h2-5,9,11-12,19H,6-8,10H2,1H3,(H,21,22). The molecule has 24 heavy (non-hydrogen) atoms. The fourth-order valence-electron chi connectivity index (χ4n) is 2.28. The van der Waals surface area contributed by atoms with E-state index < -0.39 is 0 Å². The van der Waals surface area contributed by atoms with Crippen LogP contribution in [-0.4, -0.2) is 35.8 Å². The minimum atomic E-state index is -0.135. The van der Waals surface area contributed by atoms with E-state index in [1.165, 1.54) is 11.8 Å². The molecule has 1 fully saturated rings. The van der Waals surface area contributed by atoms with Crippen molar-refractivity contribution in [3.63, 3.8) is 0 Å². The minimum Gasteiger partial charge on any atom is -0.440 e. The molecule has 0 radical (unpaired) electrons. The Morgan fingerprint density at radius 2 is 2.21 bits per heavy atom. The molecule has 3 rings (SSSR count). The summed E-state index contributed by atoms with van der Waals surface area (Å²) in [4.78, 5) is 16.3. The molecular weight excluding hydrogens is 346 g/mol. The molecular formula is C17H20ClN3O2S. The van der Waals surface area contributed by atoms with Crippen molar-refractivity contribution in [1.82, 2.24) is 15.6 Å². The Bertz CT molecular complexity index is 685. The zero-order valence-corrected chi connectivity index (χ0v) is 15.0. The van der Waals surface area contributed by atoms with E-state index in [2.05, 4.69) is 15.6 Å². The first-order valence-electron chi connectivity index (χ1n) is 7.92. The quantitative estimate of drug-likeness (QED) is 0.789. The predicted molar refractivity (Wildman–Crippen MR) is 97.1 cm³/mol. The molecule has 2 heterocycles. The summed E-state index contributed by atoms with van der Waals surface area (Å²) in [5.41, 5.74) is 0.933. The van der Waals surface area contributed by atoms with Gasteiger partial charge in [0.1, 0.15) is 0 Å². The van der Waals surface area contributed by atoms with Gasteiger partial charge in [0.05, 0.1) is 17.2 Å². The van der Waals surface area contributed by atoms with Gasteiger partial charge in [-0.1, -0.05) is 11.6 Å². The van der Waals surface area contributed by atoms with Crippen molar-refractivity contribution in [3.05, 3.63) is 41.4 Å². The van der Waals surface area contributed by atoms with Gasteiger partial charge in [-0.2, -0.15) is 0 Å². The average molecular weight is 366 g/mol. The van der Waals surface area contributed by atoms with Gasteiger partial charge >= 0.3 is 0 Å². The summed E-state index contributed by atoms with van der Waals surface area (Å²) in [6.07, 6.45) is 1.70.